The van der Waals surface area contributed by atoms with E-state index in [-0.39, 0.29) is 12.4 Å². The van der Waals surface area contributed by atoms with E-state index in [0.717, 1.165) is 46.5 Å². The molecule has 0 aliphatic rings. The number of rotatable bonds is 11. The summed E-state index contributed by atoms with van der Waals surface area (Å²) in [7, 11) is 0. The Balaban J connectivity index is 0.00000363. The van der Waals surface area contributed by atoms with Crippen molar-refractivity contribution in [2.45, 2.75) is 52.8 Å². The van der Waals surface area contributed by atoms with Crippen LogP contribution in [0, 0.1) is 6.92 Å². The van der Waals surface area contributed by atoms with Crippen molar-refractivity contribution in [1.29, 1.82) is 0 Å². The van der Waals surface area contributed by atoms with Crippen molar-refractivity contribution in [3.05, 3.63) is 93.5 Å². The smallest absolute Gasteiger partial charge is 0.175 e. The van der Waals surface area contributed by atoms with Crippen LogP contribution in [0.15, 0.2) is 71.2 Å². The van der Waals surface area contributed by atoms with Crippen LogP contribution in [-0.4, -0.2) is 6.61 Å². The van der Waals surface area contributed by atoms with Crippen LogP contribution >= 0.6 is 28.3 Å². The first-order valence-corrected chi connectivity index (χ1v) is 11.8. The van der Waals surface area contributed by atoms with E-state index in [1.165, 1.54) is 11.1 Å². The largest absolute Gasteiger partial charge is 0.490 e. The molecular weight excluding hydrogens is 486 g/mol. The molecule has 0 amide bonds. The molecule has 0 saturated carbocycles. The van der Waals surface area contributed by atoms with Crippen molar-refractivity contribution in [2.75, 3.05) is 6.61 Å². The molecule has 0 heterocycles. The molecule has 3 nitrogen and oxygen atoms in total. The van der Waals surface area contributed by atoms with Crippen LogP contribution in [0.4, 0.5) is 0 Å². The van der Waals surface area contributed by atoms with Crippen molar-refractivity contribution in [3.63, 3.8) is 0 Å². The summed E-state index contributed by atoms with van der Waals surface area (Å²) in [5.41, 5.74) is 4.87. The maximum absolute atomic E-state index is 6.14. The van der Waals surface area contributed by atoms with Gasteiger partial charge < -0.3 is 14.8 Å². The third-order valence-electron chi connectivity index (χ3n) is 5.20. The van der Waals surface area contributed by atoms with Crippen LogP contribution in [0.2, 0.25) is 0 Å². The molecule has 0 saturated heterocycles. The Morgan fingerprint density at radius 2 is 1.62 bits per heavy atom. The number of hydrogen-bond acceptors (Lipinski definition) is 3. The molecule has 172 valence electrons. The summed E-state index contributed by atoms with van der Waals surface area (Å²) in [5.74, 6) is 1.52. The van der Waals surface area contributed by atoms with E-state index < -0.39 is 0 Å². The third kappa shape index (κ3) is 7.54. The second-order valence-electron chi connectivity index (χ2n) is 7.75. The summed E-state index contributed by atoms with van der Waals surface area (Å²) in [5, 5.41) is 3.72. The van der Waals surface area contributed by atoms with Gasteiger partial charge in [0.1, 0.15) is 6.61 Å². The zero-order valence-electron chi connectivity index (χ0n) is 19.1. The van der Waals surface area contributed by atoms with Crippen LogP contribution in [0.25, 0.3) is 0 Å². The molecule has 0 aliphatic carbocycles. The lowest BCUT2D eigenvalue weighted by atomic mass is 10.0. The summed E-state index contributed by atoms with van der Waals surface area (Å²) in [6.45, 7) is 8.16. The maximum atomic E-state index is 6.14. The minimum Gasteiger partial charge on any atom is -0.490 e. The summed E-state index contributed by atoms with van der Waals surface area (Å²) in [4.78, 5) is 0. The van der Waals surface area contributed by atoms with E-state index >= 15 is 0 Å². The highest BCUT2D eigenvalue weighted by molar-refractivity contribution is 9.10. The SMILES string of the molecule is CCCC(NCc1cc(Br)c(OCc2ccc(C)cc2)c(OCC)c1)c1ccccc1.Cl. The highest BCUT2D eigenvalue weighted by Crippen LogP contribution is 2.37. The van der Waals surface area contributed by atoms with E-state index in [9.17, 15) is 0 Å². The van der Waals surface area contributed by atoms with E-state index in [4.69, 9.17) is 9.47 Å². The summed E-state index contributed by atoms with van der Waals surface area (Å²) in [6, 6.07) is 23.6. The monoisotopic (exact) mass is 517 g/mol. The van der Waals surface area contributed by atoms with Gasteiger partial charge in [-0.15, -0.1) is 12.4 Å². The first-order chi connectivity index (χ1) is 15.1. The van der Waals surface area contributed by atoms with E-state index in [1.807, 2.05) is 6.92 Å². The predicted molar refractivity (Wildman–Crippen MR) is 139 cm³/mol. The predicted octanol–water partition coefficient (Wildman–Crippen LogP) is 7.79. The highest BCUT2D eigenvalue weighted by Gasteiger charge is 2.15. The lowest BCUT2D eigenvalue weighted by Crippen LogP contribution is -2.21. The number of aryl methyl sites for hydroxylation is 1. The van der Waals surface area contributed by atoms with Crippen molar-refractivity contribution in [2.24, 2.45) is 0 Å². The Hall–Kier alpha value is -2.01. The Kier molecular flexibility index (Phi) is 11.1. The van der Waals surface area contributed by atoms with Crippen molar-refractivity contribution in [3.8, 4) is 11.5 Å². The van der Waals surface area contributed by atoms with Gasteiger partial charge in [-0.05, 0) is 65.0 Å². The molecule has 0 bridgehead atoms. The molecule has 0 aromatic heterocycles. The second-order valence-corrected chi connectivity index (χ2v) is 8.60. The van der Waals surface area contributed by atoms with Gasteiger partial charge in [0.15, 0.2) is 11.5 Å². The fraction of sp³-hybridized carbons (Fsp3) is 0.333. The topological polar surface area (TPSA) is 30.5 Å². The van der Waals surface area contributed by atoms with Gasteiger partial charge in [0, 0.05) is 12.6 Å². The Morgan fingerprint density at radius 1 is 0.906 bits per heavy atom. The van der Waals surface area contributed by atoms with Gasteiger partial charge in [0.25, 0.3) is 0 Å². The average molecular weight is 519 g/mol. The van der Waals surface area contributed by atoms with Gasteiger partial charge in [-0.1, -0.05) is 73.5 Å². The Morgan fingerprint density at radius 3 is 2.28 bits per heavy atom. The van der Waals surface area contributed by atoms with Crippen LogP contribution in [0.3, 0.4) is 0 Å². The number of hydrogen-bond donors (Lipinski definition) is 1. The van der Waals surface area contributed by atoms with Crippen LogP contribution < -0.4 is 14.8 Å². The fourth-order valence-electron chi connectivity index (χ4n) is 3.57. The molecule has 0 spiro atoms. The molecule has 3 aromatic rings. The van der Waals surface area contributed by atoms with Gasteiger partial charge in [0.05, 0.1) is 11.1 Å². The van der Waals surface area contributed by atoms with Crippen molar-refractivity contribution < 1.29 is 9.47 Å². The zero-order chi connectivity index (χ0) is 22.1. The average Bonchev–Trinajstić information content (AvgIpc) is 2.78. The molecule has 1 atom stereocenters. The van der Waals surface area contributed by atoms with Gasteiger partial charge in [0.2, 0.25) is 0 Å². The lowest BCUT2D eigenvalue weighted by Gasteiger charge is -2.20. The van der Waals surface area contributed by atoms with Crippen LogP contribution in [0.5, 0.6) is 11.5 Å². The van der Waals surface area contributed by atoms with Gasteiger partial charge in [-0.3, -0.25) is 0 Å². The molecule has 0 radical (unpaired) electrons. The van der Waals surface area contributed by atoms with Crippen molar-refractivity contribution >= 4 is 28.3 Å². The van der Waals surface area contributed by atoms with Gasteiger partial charge in [-0.2, -0.15) is 0 Å². The molecule has 3 rings (SSSR count). The van der Waals surface area contributed by atoms with E-state index in [2.05, 4.69) is 102 Å². The second kappa shape index (κ2) is 13.5. The minimum absolute atomic E-state index is 0. The molecular formula is C27H33BrClNO2. The van der Waals surface area contributed by atoms with Crippen LogP contribution in [0.1, 0.15) is 55.0 Å². The molecule has 3 aromatic carbocycles. The van der Waals surface area contributed by atoms with Crippen molar-refractivity contribution in [1.82, 2.24) is 5.32 Å². The molecule has 0 aliphatic heterocycles. The summed E-state index contributed by atoms with van der Waals surface area (Å²) < 4.78 is 13.0. The first-order valence-electron chi connectivity index (χ1n) is 11.0. The highest BCUT2D eigenvalue weighted by atomic mass is 79.9. The summed E-state index contributed by atoms with van der Waals surface area (Å²) in [6.07, 6.45) is 2.23. The summed E-state index contributed by atoms with van der Waals surface area (Å²) >= 11 is 3.70. The number of halogens is 2. The lowest BCUT2D eigenvalue weighted by molar-refractivity contribution is 0.267. The molecule has 1 unspecified atom stereocenters. The first kappa shape index (κ1) is 26.2. The van der Waals surface area contributed by atoms with Gasteiger partial charge >= 0.3 is 0 Å². The quantitative estimate of drug-likeness (QED) is 0.281. The fourth-order valence-corrected chi connectivity index (χ4v) is 4.17. The van der Waals surface area contributed by atoms with E-state index in [0.29, 0.717) is 19.3 Å². The number of benzene rings is 3. The normalized spacial score (nSPS) is 11.5. The molecule has 0 fully saturated rings. The number of nitrogens with one attached hydrogen (secondary N) is 1. The molecule has 1 N–H and O–H groups in total. The third-order valence-corrected chi connectivity index (χ3v) is 5.79. The minimum atomic E-state index is 0. The van der Waals surface area contributed by atoms with E-state index in [1.54, 1.807) is 0 Å². The number of ether oxygens (including phenoxy) is 2. The van der Waals surface area contributed by atoms with Gasteiger partial charge in [-0.25, -0.2) is 0 Å². The maximum Gasteiger partial charge on any atom is 0.175 e. The zero-order valence-corrected chi connectivity index (χ0v) is 21.5. The molecule has 5 heteroatoms. The van der Waals surface area contributed by atoms with Crippen LogP contribution in [-0.2, 0) is 13.2 Å². The Labute approximate surface area is 207 Å². The standard InChI is InChI=1S/C27H32BrNO2.ClH/c1-4-9-25(23-10-7-6-8-11-23)29-18-22-16-24(28)27(26(17-22)30-5-2)31-19-21-14-12-20(3)13-15-21;/h6-8,10-17,25,29H,4-5,9,18-19H2,1-3H3;1H. The molecule has 32 heavy (non-hydrogen) atoms. The Bertz CT molecular complexity index is 948.